The molecule has 6 bridgehead atoms. The van der Waals surface area contributed by atoms with Crippen LogP contribution in [-0.2, 0) is 59.3 Å². The normalized spacial score (nSPS) is 20.2. The maximum absolute atomic E-state index is 14.8. The van der Waals surface area contributed by atoms with Gasteiger partial charge in [0.2, 0.25) is 17.7 Å². The topological polar surface area (TPSA) is 166 Å². The number of benzene rings is 3. The van der Waals surface area contributed by atoms with E-state index in [0.717, 1.165) is 45.3 Å². The molecule has 15 nitrogen and oxygen atoms in total. The van der Waals surface area contributed by atoms with Crippen molar-refractivity contribution in [2.24, 2.45) is 17.3 Å². The molecule has 4 atom stereocenters. The highest BCUT2D eigenvalue weighted by Gasteiger charge is 2.40. The van der Waals surface area contributed by atoms with Crippen molar-refractivity contribution in [1.82, 2.24) is 35.0 Å². The summed E-state index contributed by atoms with van der Waals surface area (Å²) < 4.78 is 14.0. The van der Waals surface area contributed by atoms with Gasteiger partial charge < -0.3 is 39.2 Å². The van der Waals surface area contributed by atoms with Crippen LogP contribution in [0.2, 0.25) is 0 Å². The smallest absolute Gasteiger partial charge is 0.324 e. The number of hydrazine groups is 1. The van der Waals surface area contributed by atoms with E-state index in [-0.39, 0.29) is 49.6 Å². The summed E-state index contributed by atoms with van der Waals surface area (Å²) in [4.78, 5) is 75.5. The molecule has 3 aromatic carbocycles. The molecule has 7 rings (SSSR count). The van der Waals surface area contributed by atoms with E-state index < -0.39 is 47.2 Å². The summed E-state index contributed by atoms with van der Waals surface area (Å²) >= 11 is 0. The van der Waals surface area contributed by atoms with Gasteiger partial charge in [0, 0.05) is 81.3 Å². The van der Waals surface area contributed by atoms with Gasteiger partial charge in [-0.25, -0.2) is 5.43 Å². The first-order valence-corrected chi connectivity index (χ1v) is 24.9. The van der Waals surface area contributed by atoms with Gasteiger partial charge in [-0.05, 0) is 111 Å². The van der Waals surface area contributed by atoms with E-state index in [9.17, 15) is 29.1 Å². The SMILES string of the molecule is CCn1c(-c2ccccc2CCOC)c2c3cc(ccc31)-c1cc(O)cc(c1)CC(NC(=O)[C@H](C(C)C)N(C)C(=O)[C@H]1CCN(C(=O)/C=C/CN(C)C)C1)C(=O)N1CCC[C@H](N1)C(=O)OCC(C)(C)C2. The number of nitrogens with one attached hydrogen (secondary N) is 2. The third kappa shape index (κ3) is 11.8. The number of methoxy groups -OCH3 is 1. The highest BCUT2D eigenvalue weighted by molar-refractivity contribution is 5.96. The summed E-state index contributed by atoms with van der Waals surface area (Å²) in [5, 5.41) is 16.8. The number of fused-ring (bicyclic) bond motifs is 6. The Kier molecular flexibility index (Phi) is 16.6. The minimum Gasteiger partial charge on any atom is -0.508 e. The Morgan fingerprint density at radius 2 is 1.79 bits per heavy atom. The Labute approximate surface area is 413 Å². The lowest BCUT2D eigenvalue weighted by Crippen LogP contribution is -2.62. The lowest BCUT2D eigenvalue weighted by molar-refractivity contribution is -0.155. The zero-order valence-corrected chi connectivity index (χ0v) is 42.5. The van der Waals surface area contributed by atoms with E-state index in [4.69, 9.17) is 9.47 Å². The van der Waals surface area contributed by atoms with Crippen molar-refractivity contribution in [3.8, 4) is 28.1 Å². The summed E-state index contributed by atoms with van der Waals surface area (Å²) in [6, 6.07) is 17.1. The quantitative estimate of drug-likeness (QED) is 0.107. The van der Waals surface area contributed by atoms with Crippen molar-refractivity contribution in [1.29, 1.82) is 0 Å². The first-order valence-electron chi connectivity index (χ1n) is 24.9. The Hall–Kier alpha value is -6.03. The van der Waals surface area contributed by atoms with Gasteiger partial charge in [0.15, 0.2) is 0 Å². The van der Waals surface area contributed by atoms with Crippen molar-refractivity contribution >= 4 is 40.5 Å². The summed E-state index contributed by atoms with van der Waals surface area (Å²) in [5.41, 5.74) is 10.4. The maximum Gasteiger partial charge on any atom is 0.324 e. The molecule has 4 amide bonds. The van der Waals surface area contributed by atoms with Crippen LogP contribution in [-0.4, -0.2) is 145 Å². The minimum atomic E-state index is -1.16. The Bertz CT molecular complexity index is 2600. The standard InChI is InChI=1S/C55H73N7O8/c1-10-61-47-20-19-38-31-43(47)44(50(61)42-16-12-11-15-37(42)22-26-69-9)32-55(4,5)34-70-54(68)45-17-13-24-62(57-45)53(67)46(29-36-27-40(38)30-41(63)28-36)56-51(65)49(35(2)3)59(8)52(66)39-21-25-60(33-39)48(64)18-14-23-58(6)7/h11-12,14-16,18-20,27-28,30-31,35,39,45-46,49,57,63H,10,13,17,21-26,29,32-34H2,1-9H3,(H,56,65)/b18-14+/t39-,45-,46?,49-/m0/s1. The molecule has 15 heteroatoms. The van der Waals surface area contributed by atoms with Crippen LogP contribution in [0.1, 0.15) is 70.6 Å². The summed E-state index contributed by atoms with van der Waals surface area (Å²) in [6.07, 6.45) is 6.08. The minimum absolute atomic E-state index is 0.000912. The summed E-state index contributed by atoms with van der Waals surface area (Å²) in [6.45, 7) is 13.0. The zero-order chi connectivity index (χ0) is 50.4. The van der Waals surface area contributed by atoms with Crippen LogP contribution < -0.4 is 10.7 Å². The average Bonchev–Trinajstić information content (AvgIpc) is 3.94. The number of rotatable bonds is 13. The number of cyclic esters (lactones) is 1. The van der Waals surface area contributed by atoms with Crippen LogP contribution >= 0.6 is 0 Å². The van der Waals surface area contributed by atoms with E-state index in [1.54, 1.807) is 37.3 Å². The molecular formula is C55H73N7O8. The lowest BCUT2D eigenvalue weighted by atomic mass is 9.83. The van der Waals surface area contributed by atoms with Gasteiger partial charge in [0.05, 0.1) is 24.8 Å². The van der Waals surface area contributed by atoms with E-state index in [0.29, 0.717) is 57.5 Å². The predicted octanol–water partition coefficient (Wildman–Crippen LogP) is 5.99. The van der Waals surface area contributed by atoms with Crippen molar-refractivity contribution < 1.29 is 38.6 Å². The second kappa shape index (κ2) is 22.4. The van der Waals surface area contributed by atoms with Crippen LogP contribution in [0.15, 0.2) is 72.8 Å². The van der Waals surface area contributed by atoms with Crippen LogP contribution in [0, 0.1) is 17.3 Å². The lowest BCUT2D eigenvalue weighted by Gasteiger charge is -2.37. The Morgan fingerprint density at radius 3 is 2.51 bits per heavy atom. The van der Waals surface area contributed by atoms with Crippen molar-refractivity contribution in [3.05, 3.63) is 89.5 Å². The van der Waals surface area contributed by atoms with Crippen LogP contribution in [0.5, 0.6) is 5.75 Å². The number of carbonyl (C=O) groups excluding carboxylic acids is 5. The Balaban J connectivity index is 1.25. The molecule has 376 valence electrons. The molecule has 70 heavy (non-hydrogen) atoms. The predicted molar refractivity (Wildman–Crippen MR) is 271 cm³/mol. The highest BCUT2D eigenvalue weighted by atomic mass is 16.5. The molecular weight excluding hydrogens is 887 g/mol. The zero-order valence-electron chi connectivity index (χ0n) is 42.5. The molecule has 1 aromatic heterocycles. The largest absolute Gasteiger partial charge is 0.508 e. The van der Waals surface area contributed by atoms with Gasteiger partial charge in [-0.3, -0.25) is 29.0 Å². The monoisotopic (exact) mass is 960 g/mol. The molecule has 0 spiro atoms. The number of phenols is 1. The number of carbonyl (C=O) groups is 5. The first-order chi connectivity index (χ1) is 33.4. The fourth-order valence-electron chi connectivity index (χ4n) is 10.4. The van der Waals surface area contributed by atoms with Gasteiger partial charge in [0.1, 0.15) is 23.9 Å². The number of hydrogen-bond donors (Lipinski definition) is 3. The number of esters is 1. The van der Waals surface area contributed by atoms with E-state index in [1.807, 2.05) is 45.0 Å². The van der Waals surface area contributed by atoms with E-state index in [1.165, 1.54) is 21.5 Å². The molecule has 3 N–H and O–H groups in total. The summed E-state index contributed by atoms with van der Waals surface area (Å²) in [5.74, 6) is -2.70. The van der Waals surface area contributed by atoms with E-state index >= 15 is 0 Å². The number of aromatic hydroxyl groups is 1. The summed E-state index contributed by atoms with van der Waals surface area (Å²) in [7, 11) is 7.15. The number of nitrogens with zero attached hydrogens (tertiary/aromatic N) is 5. The number of likely N-dealkylation sites (tertiary alicyclic amines) is 1. The maximum atomic E-state index is 14.8. The number of hydrogen-bond acceptors (Lipinski definition) is 10. The van der Waals surface area contributed by atoms with E-state index in [2.05, 4.69) is 72.5 Å². The number of ether oxygens (including phenoxy) is 2. The number of aromatic nitrogens is 1. The molecule has 3 aliphatic heterocycles. The third-order valence-corrected chi connectivity index (χ3v) is 13.9. The first kappa shape index (κ1) is 51.8. The van der Waals surface area contributed by atoms with Gasteiger partial charge in [-0.1, -0.05) is 70.2 Å². The van der Waals surface area contributed by atoms with Crippen molar-refractivity contribution in [2.75, 3.05) is 67.6 Å². The number of likely N-dealkylation sites (N-methyl/N-ethyl adjacent to an activating group) is 2. The van der Waals surface area contributed by atoms with Gasteiger partial charge in [-0.15, -0.1) is 0 Å². The van der Waals surface area contributed by atoms with Gasteiger partial charge >= 0.3 is 5.97 Å². The molecule has 0 aliphatic carbocycles. The molecule has 2 fully saturated rings. The van der Waals surface area contributed by atoms with Gasteiger partial charge in [0.25, 0.3) is 5.91 Å². The van der Waals surface area contributed by atoms with Gasteiger partial charge in [-0.2, -0.15) is 0 Å². The fourth-order valence-corrected chi connectivity index (χ4v) is 10.4. The number of amides is 4. The average molecular weight is 960 g/mol. The van der Waals surface area contributed by atoms with Crippen LogP contribution in [0.3, 0.4) is 0 Å². The van der Waals surface area contributed by atoms with Crippen LogP contribution in [0.25, 0.3) is 33.3 Å². The second-order valence-corrected chi connectivity index (χ2v) is 20.7. The molecule has 4 aromatic rings. The molecule has 2 saturated heterocycles. The third-order valence-electron chi connectivity index (χ3n) is 13.9. The molecule has 3 aliphatic rings. The van der Waals surface area contributed by atoms with Crippen LogP contribution in [0.4, 0.5) is 0 Å². The number of aryl methyl sites for hydroxylation is 1. The van der Waals surface area contributed by atoms with Crippen molar-refractivity contribution in [2.45, 2.75) is 97.8 Å². The number of phenolic OH excluding ortho intramolecular Hbond substituents is 1. The Morgan fingerprint density at radius 1 is 1.01 bits per heavy atom. The van der Waals surface area contributed by atoms with Crippen molar-refractivity contribution in [3.63, 3.8) is 0 Å². The molecule has 1 unspecified atom stereocenters. The second-order valence-electron chi connectivity index (χ2n) is 20.7. The molecule has 0 radical (unpaired) electrons. The molecule has 0 saturated carbocycles. The highest BCUT2D eigenvalue weighted by Crippen LogP contribution is 2.41. The fraction of sp³-hybridized carbons (Fsp3) is 0.509. The molecule has 4 heterocycles.